The zero-order valence-corrected chi connectivity index (χ0v) is 24.6. The van der Waals surface area contributed by atoms with E-state index in [4.69, 9.17) is 18.6 Å². The van der Waals surface area contributed by atoms with Gasteiger partial charge in [-0.15, -0.1) is 0 Å². The molecule has 0 aliphatic carbocycles. The Labute approximate surface area is 229 Å². The molecule has 3 heterocycles. The van der Waals surface area contributed by atoms with E-state index in [-0.39, 0.29) is 17.7 Å². The molecule has 8 nitrogen and oxygen atoms in total. The molecule has 0 fully saturated rings. The van der Waals surface area contributed by atoms with Crippen LogP contribution in [0, 0.1) is 0 Å². The van der Waals surface area contributed by atoms with Gasteiger partial charge in [-0.05, 0) is 69.5 Å². The lowest BCUT2D eigenvalue weighted by atomic mass is 9.95. The average Bonchev–Trinajstić information content (AvgIpc) is 3.30. The molecule has 1 atom stereocenters. The van der Waals surface area contributed by atoms with Crippen LogP contribution in [0.4, 0.5) is 0 Å². The molecule has 3 aromatic rings. The van der Waals surface area contributed by atoms with Gasteiger partial charge in [-0.3, -0.25) is 9.36 Å². The molecule has 0 N–H and O–H groups in total. The molecule has 0 saturated carbocycles. The lowest BCUT2D eigenvalue weighted by Gasteiger charge is -2.26. The monoisotopic (exact) mass is 688 g/mol. The highest BCUT2D eigenvalue weighted by molar-refractivity contribution is 9.13. The summed E-state index contributed by atoms with van der Waals surface area (Å²) in [5, 5.41) is 0. The number of thiazole rings is 1. The summed E-state index contributed by atoms with van der Waals surface area (Å²) in [6.45, 7) is 3.64. The summed E-state index contributed by atoms with van der Waals surface area (Å²) in [6.07, 6.45) is 1.64. The third-order valence-electron chi connectivity index (χ3n) is 5.25. The van der Waals surface area contributed by atoms with E-state index in [1.165, 1.54) is 30.1 Å². The van der Waals surface area contributed by atoms with Gasteiger partial charge in [0.25, 0.3) is 5.56 Å². The Bertz CT molecular complexity index is 1520. The molecule has 1 aliphatic heterocycles. The molecule has 1 aliphatic rings. The number of rotatable bonds is 6. The first-order chi connectivity index (χ1) is 16.7. The topological polar surface area (TPSA) is 92.3 Å². The van der Waals surface area contributed by atoms with Crippen molar-refractivity contribution in [3.05, 3.63) is 74.1 Å². The van der Waals surface area contributed by atoms with Gasteiger partial charge in [0, 0.05) is 10.5 Å². The van der Waals surface area contributed by atoms with Gasteiger partial charge < -0.3 is 18.6 Å². The van der Waals surface area contributed by atoms with Crippen LogP contribution >= 0.6 is 59.1 Å². The van der Waals surface area contributed by atoms with Crippen LogP contribution in [0.2, 0.25) is 0 Å². The molecule has 4 rings (SSSR count). The van der Waals surface area contributed by atoms with Crippen LogP contribution in [0.25, 0.3) is 6.08 Å². The Hall–Kier alpha value is -2.15. The maximum atomic E-state index is 13.7. The van der Waals surface area contributed by atoms with E-state index in [1.807, 2.05) is 0 Å². The van der Waals surface area contributed by atoms with Crippen molar-refractivity contribution in [2.24, 2.45) is 4.99 Å². The highest BCUT2D eigenvalue weighted by atomic mass is 79.9. The summed E-state index contributed by atoms with van der Waals surface area (Å²) in [4.78, 5) is 31.8. The summed E-state index contributed by atoms with van der Waals surface area (Å²) in [5.74, 6) is 0.895. The standard InChI is InChI=1S/C23H19Br3N2O6S/c1-5-33-22(30)18-10(2)27-23-28(19(18)12-8-15(31-3)16(32-4)9-13(12)24)21(29)17(35-23)7-11-6-14(25)20(26)34-11/h6-9,19H,5H2,1-4H3/b17-7+/t19-/m1/s1. The first-order valence-electron chi connectivity index (χ1n) is 10.3. The average molecular weight is 691 g/mol. The number of furan rings is 1. The van der Waals surface area contributed by atoms with E-state index in [2.05, 4.69) is 52.8 Å². The first kappa shape index (κ1) is 25.9. The first-order valence-corrected chi connectivity index (χ1v) is 13.5. The van der Waals surface area contributed by atoms with Crippen molar-refractivity contribution in [2.75, 3.05) is 20.8 Å². The van der Waals surface area contributed by atoms with Crippen LogP contribution in [0.5, 0.6) is 11.5 Å². The second kappa shape index (κ2) is 10.5. The number of esters is 1. The smallest absolute Gasteiger partial charge is 0.338 e. The third-order valence-corrected chi connectivity index (χ3v) is 8.63. The molecule has 0 bridgehead atoms. The SMILES string of the molecule is CCOC(=O)C1=C(C)N=c2s/c(=C/c3cc(Br)c(Br)o3)c(=O)n2[C@@H]1c1cc(OC)c(OC)cc1Br. The molecule has 0 amide bonds. The number of benzene rings is 1. The third kappa shape index (κ3) is 4.81. The minimum atomic E-state index is -0.809. The van der Waals surface area contributed by atoms with Crippen molar-refractivity contribution < 1.29 is 23.4 Å². The minimum absolute atomic E-state index is 0.183. The van der Waals surface area contributed by atoms with E-state index in [1.54, 1.807) is 38.1 Å². The van der Waals surface area contributed by atoms with Crippen molar-refractivity contribution in [3.8, 4) is 11.5 Å². The fraction of sp³-hybridized carbons (Fsp3) is 0.261. The number of carbonyl (C=O) groups excluding carboxylic acids is 1. The van der Waals surface area contributed by atoms with Gasteiger partial charge in [0.05, 0.1) is 47.1 Å². The lowest BCUT2D eigenvalue weighted by molar-refractivity contribution is -0.139. The van der Waals surface area contributed by atoms with Crippen LogP contribution in [0.3, 0.4) is 0 Å². The predicted molar refractivity (Wildman–Crippen MR) is 142 cm³/mol. The highest BCUT2D eigenvalue weighted by Gasteiger charge is 2.35. The van der Waals surface area contributed by atoms with Gasteiger partial charge in [0.1, 0.15) is 5.76 Å². The molecule has 0 saturated heterocycles. The van der Waals surface area contributed by atoms with E-state index in [9.17, 15) is 9.59 Å². The van der Waals surface area contributed by atoms with Crippen LogP contribution in [-0.4, -0.2) is 31.4 Å². The number of carbonyl (C=O) groups is 1. The summed E-state index contributed by atoms with van der Waals surface area (Å²) < 4.78 is 25.6. The number of fused-ring (bicyclic) bond motifs is 1. The number of aromatic nitrogens is 1. The Morgan fingerprint density at radius 2 is 1.86 bits per heavy atom. The highest BCUT2D eigenvalue weighted by Crippen LogP contribution is 2.40. The Kier molecular flexibility index (Phi) is 7.74. The van der Waals surface area contributed by atoms with Gasteiger partial charge in [-0.25, -0.2) is 9.79 Å². The summed E-state index contributed by atoms with van der Waals surface area (Å²) in [6, 6.07) is 4.42. The van der Waals surface area contributed by atoms with Gasteiger partial charge in [-0.1, -0.05) is 27.3 Å². The molecular formula is C23H19Br3N2O6S. The summed E-state index contributed by atoms with van der Waals surface area (Å²) in [5.41, 5.74) is 1.03. The number of nitrogens with zero attached hydrogens (tertiary/aromatic N) is 2. The van der Waals surface area contributed by atoms with Crippen molar-refractivity contribution in [1.29, 1.82) is 0 Å². The number of hydrogen-bond donors (Lipinski definition) is 0. The normalized spacial score (nSPS) is 15.6. The van der Waals surface area contributed by atoms with E-state index >= 15 is 0 Å². The second-order valence-corrected chi connectivity index (χ2v) is 10.7. The van der Waals surface area contributed by atoms with Crippen LogP contribution < -0.4 is 24.4 Å². The van der Waals surface area contributed by atoms with Gasteiger partial charge in [0.15, 0.2) is 21.0 Å². The number of allylic oxidation sites excluding steroid dienone is 1. The lowest BCUT2D eigenvalue weighted by Crippen LogP contribution is -2.40. The van der Waals surface area contributed by atoms with Gasteiger partial charge >= 0.3 is 5.97 Å². The molecule has 1 aromatic carbocycles. The van der Waals surface area contributed by atoms with Gasteiger partial charge in [0.2, 0.25) is 0 Å². The van der Waals surface area contributed by atoms with Crippen molar-refractivity contribution in [3.63, 3.8) is 0 Å². The van der Waals surface area contributed by atoms with Gasteiger partial charge in [-0.2, -0.15) is 0 Å². The van der Waals surface area contributed by atoms with Crippen molar-refractivity contribution >= 4 is 71.2 Å². The molecule has 0 radical (unpaired) electrons. The van der Waals surface area contributed by atoms with Crippen LogP contribution in [0.15, 0.2) is 57.3 Å². The number of methoxy groups -OCH3 is 2. The molecule has 12 heteroatoms. The minimum Gasteiger partial charge on any atom is -0.493 e. The zero-order valence-electron chi connectivity index (χ0n) is 19.0. The van der Waals surface area contributed by atoms with Crippen molar-refractivity contribution in [2.45, 2.75) is 19.9 Å². The number of ether oxygens (including phenoxy) is 3. The molecule has 2 aromatic heterocycles. The fourth-order valence-electron chi connectivity index (χ4n) is 3.73. The Balaban J connectivity index is 2.01. The second-order valence-electron chi connectivity index (χ2n) is 7.30. The van der Waals surface area contributed by atoms with Crippen molar-refractivity contribution in [1.82, 2.24) is 4.57 Å². The fourth-order valence-corrected chi connectivity index (χ4v) is 5.90. The largest absolute Gasteiger partial charge is 0.493 e. The van der Waals surface area contributed by atoms with Crippen LogP contribution in [-0.2, 0) is 9.53 Å². The predicted octanol–water partition coefficient (Wildman–Crippen LogP) is 4.70. The Morgan fingerprint density at radius 3 is 2.46 bits per heavy atom. The van der Waals surface area contributed by atoms with E-state index in [0.717, 1.165) is 4.47 Å². The number of halogens is 3. The molecule has 184 valence electrons. The number of hydrogen-bond acceptors (Lipinski definition) is 8. The quantitative estimate of drug-likeness (QED) is 0.349. The molecule has 35 heavy (non-hydrogen) atoms. The summed E-state index contributed by atoms with van der Waals surface area (Å²) in [7, 11) is 3.06. The van der Waals surface area contributed by atoms with E-state index < -0.39 is 12.0 Å². The Morgan fingerprint density at radius 1 is 1.17 bits per heavy atom. The molecule has 0 unspecified atom stereocenters. The maximum Gasteiger partial charge on any atom is 0.338 e. The molecular weight excluding hydrogens is 672 g/mol. The van der Waals surface area contributed by atoms with E-state index in [0.29, 0.717) is 47.0 Å². The summed E-state index contributed by atoms with van der Waals surface area (Å²) >= 11 is 11.5. The zero-order chi connectivity index (χ0) is 25.4. The maximum absolute atomic E-state index is 13.7. The van der Waals surface area contributed by atoms with Crippen LogP contribution in [0.1, 0.15) is 31.2 Å². The molecule has 0 spiro atoms.